The zero-order valence-electron chi connectivity index (χ0n) is 13.6. The Bertz CT molecular complexity index is 955. The van der Waals surface area contributed by atoms with Gasteiger partial charge in [-0.1, -0.05) is 59.3 Å². The smallest absolute Gasteiger partial charge is 0.241 e. The lowest BCUT2D eigenvalue weighted by molar-refractivity contribution is 0.539. The van der Waals surface area contributed by atoms with Crippen molar-refractivity contribution in [2.24, 2.45) is 0 Å². The summed E-state index contributed by atoms with van der Waals surface area (Å²) in [4.78, 5) is 7.80. The molecule has 3 aromatic rings. The van der Waals surface area contributed by atoms with Crippen molar-refractivity contribution in [3.05, 3.63) is 71.1 Å². The third-order valence-electron chi connectivity index (χ3n) is 3.82. The maximum atomic E-state index is 12.6. The van der Waals surface area contributed by atoms with E-state index in [0.29, 0.717) is 16.7 Å². The molecule has 2 N–H and O–H groups in total. The fourth-order valence-electron chi connectivity index (χ4n) is 2.50. The van der Waals surface area contributed by atoms with E-state index in [9.17, 15) is 8.42 Å². The van der Waals surface area contributed by atoms with Gasteiger partial charge in [-0.3, -0.25) is 0 Å². The second-order valence-corrected chi connectivity index (χ2v) is 8.22. The van der Waals surface area contributed by atoms with Crippen molar-refractivity contribution in [2.45, 2.75) is 24.3 Å². The van der Waals surface area contributed by atoms with E-state index >= 15 is 0 Å². The molecule has 0 amide bonds. The van der Waals surface area contributed by atoms with Crippen LogP contribution in [0.1, 0.15) is 25.2 Å². The molecule has 1 aromatic heterocycles. The van der Waals surface area contributed by atoms with Crippen LogP contribution in [0.4, 0.5) is 0 Å². The fourth-order valence-corrected chi connectivity index (χ4v) is 4.38. The SMILES string of the molecule is CCC(NS(=O)(=O)c1cccc(Br)c1)c1ncc(-c2ccccc2)[nH]1. The lowest BCUT2D eigenvalue weighted by atomic mass is 10.2. The van der Waals surface area contributed by atoms with Gasteiger partial charge in [-0.15, -0.1) is 0 Å². The van der Waals surface area contributed by atoms with Crippen molar-refractivity contribution < 1.29 is 8.42 Å². The second kappa shape index (κ2) is 7.51. The first-order valence-corrected chi connectivity index (χ1v) is 10.2. The molecule has 1 unspecified atom stereocenters. The number of benzene rings is 2. The summed E-state index contributed by atoms with van der Waals surface area (Å²) in [6.45, 7) is 1.92. The number of hydrogen-bond donors (Lipinski definition) is 2. The van der Waals surface area contributed by atoms with Crippen LogP contribution >= 0.6 is 15.9 Å². The van der Waals surface area contributed by atoms with E-state index in [2.05, 4.69) is 30.6 Å². The standard InChI is InChI=1S/C18H18BrN3O2S/c1-2-16(22-25(23,24)15-10-6-9-14(19)11-15)18-20-12-17(21-18)13-7-4-3-5-8-13/h3-12,16,22H,2H2,1H3,(H,20,21). The van der Waals surface area contributed by atoms with Crippen LogP contribution in [0.25, 0.3) is 11.3 Å². The van der Waals surface area contributed by atoms with E-state index in [1.807, 2.05) is 37.3 Å². The minimum atomic E-state index is -3.64. The number of nitrogens with one attached hydrogen (secondary N) is 2. The molecule has 0 spiro atoms. The van der Waals surface area contributed by atoms with E-state index in [-0.39, 0.29) is 4.90 Å². The maximum absolute atomic E-state index is 12.6. The van der Waals surface area contributed by atoms with Crippen LogP contribution in [0.2, 0.25) is 0 Å². The Labute approximate surface area is 155 Å². The van der Waals surface area contributed by atoms with Gasteiger partial charge in [0.1, 0.15) is 5.82 Å². The summed E-state index contributed by atoms with van der Waals surface area (Å²) in [5.74, 6) is 0.597. The molecule has 130 valence electrons. The third-order valence-corrected chi connectivity index (χ3v) is 5.78. The van der Waals surface area contributed by atoms with Gasteiger partial charge in [0.15, 0.2) is 0 Å². The summed E-state index contributed by atoms with van der Waals surface area (Å²) in [5, 5.41) is 0. The van der Waals surface area contributed by atoms with Gasteiger partial charge in [-0.05, 0) is 30.2 Å². The van der Waals surface area contributed by atoms with Gasteiger partial charge in [0.05, 0.1) is 22.8 Å². The van der Waals surface area contributed by atoms with Crippen LogP contribution in [0.3, 0.4) is 0 Å². The predicted octanol–water partition coefficient (Wildman–Crippen LogP) is 4.27. The first kappa shape index (κ1) is 17.8. The van der Waals surface area contributed by atoms with Crippen molar-refractivity contribution >= 4 is 26.0 Å². The van der Waals surface area contributed by atoms with Gasteiger partial charge in [0.2, 0.25) is 10.0 Å². The van der Waals surface area contributed by atoms with Crippen LogP contribution in [0.5, 0.6) is 0 Å². The first-order valence-electron chi connectivity index (χ1n) is 7.88. The number of hydrogen-bond acceptors (Lipinski definition) is 3. The number of aromatic amines is 1. The van der Waals surface area contributed by atoms with Crippen molar-refractivity contribution in [2.75, 3.05) is 0 Å². The molecule has 0 saturated heterocycles. The molecule has 5 nitrogen and oxygen atoms in total. The summed E-state index contributed by atoms with van der Waals surface area (Å²) < 4.78 is 28.7. The molecule has 25 heavy (non-hydrogen) atoms. The van der Waals surface area contributed by atoms with Crippen molar-refractivity contribution in [3.63, 3.8) is 0 Å². The van der Waals surface area contributed by atoms with Crippen LogP contribution in [0.15, 0.2) is 70.2 Å². The Hall–Kier alpha value is -1.96. The molecule has 3 rings (SSSR count). The third kappa shape index (κ3) is 4.18. The Morgan fingerprint density at radius 2 is 1.92 bits per heavy atom. The molecule has 1 heterocycles. The van der Waals surface area contributed by atoms with Crippen LogP contribution in [-0.2, 0) is 10.0 Å². The zero-order chi connectivity index (χ0) is 17.9. The van der Waals surface area contributed by atoms with Crippen molar-refractivity contribution in [3.8, 4) is 11.3 Å². The Balaban J connectivity index is 1.85. The monoisotopic (exact) mass is 419 g/mol. The summed E-state index contributed by atoms with van der Waals surface area (Å²) in [5.41, 5.74) is 1.86. The molecule has 0 aliphatic heterocycles. The molecular formula is C18H18BrN3O2S. The minimum absolute atomic E-state index is 0.218. The van der Waals surface area contributed by atoms with Crippen LogP contribution in [0, 0.1) is 0 Å². The Morgan fingerprint density at radius 1 is 1.16 bits per heavy atom. The number of aromatic nitrogens is 2. The average molecular weight is 420 g/mol. The molecule has 0 bridgehead atoms. The topological polar surface area (TPSA) is 74.8 Å². The summed E-state index contributed by atoms with van der Waals surface area (Å²) in [7, 11) is -3.64. The largest absolute Gasteiger partial charge is 0.341 e. The normalized spacial score (nSPS) is 12.9. The van der Waals surface area contributed by atoms with Gasteiger partial charge in [-0.25, -0.2) is 18.1 Å². The van der Waals surface area contributed by atoms with E-state index < -0.39 is 16.1 Å². The van der Waals surface area contributed by atoms with E-state index in [1.165, 1.54) is 0 Å². The summed E-state index contributed by atoms with van der Waals surface area (Å²) >= 11 is 3.30. The van der Waals surface area contributed by atoms with Gasteiger partial charge in [-0.2, -0.15) is 0 Å². The van der Waals surface area contributed by atoms with Gasteiger partial charge >= 0.3 is 0 Å². The number of rotatable bonds is 6. The average Bonchev–Trinajstić information content (AvgIpc) is 3.10. The van der Waals surface area contributed by atoms with E-state index in [1.54, 1.807) is 30.5 Å². The molecule has 7 heteroatoms. The molecule has 0 aliphatic rings. The molecule has 0 aliphatic carbocycles. The van der Waals surface area contributed by atoms with Gasteiger partial charge in [0.25, 0.3) is 0 Å². The molecule has 0 saturated carbocycles. The van der Waals surface area contributed by atoms with E-state index in [0.717, 1.165) is 11.3 Å². The molecular weight excluding hydrogens is 402 g/mol. The number of imidazole rings is 1. The zero-order valence-corrected chi connectivity index (χ0v) is 16.0. The van der Waals surface area contributed by atoms with E-state index in [4.69, 9.17) is 0 Å². The number of nitrogens with zero attached hydrogens (tertiary/aromatic N) is 1. The second-order valence-electron chi connectivity index (χ2n) is 5.59. The molecule has 2 aromatic carbocycles. The number of sulfonamides is 1. The van der Waals surface area contributed by atoms with Crippen LogP contribution in [-0.4, -0.2) is 18.4 Å². The minimum Gasteiger partial charge on any atom is -0.341 e. The highest BCUT2D eigenvalue weighted by atomic mass is 79.9. The predicted molar refractivity (Wildman–Crippen MR) is 102 cm³/mol. The number of halogens is 1. The van der Waals surface area contributed by atoms with Gasteiger partial charge < -0.3 is 4.98 Å². The fraction of sp³-hybridized carbons (Fsp3) is 0.167. The lowest BCUT2D eigenvalue weighted by Gasteiger charge is -2.15. The number of H-pyrrole nitrogens is 1. The Kier molecular flexibility index (Phi) is 5.36. The lowest BCUT2D eigenvalue weighted by Crippen LogP contribution is -2.29. The van der Waals surface area contributed by atoms with Gasteiger partial charge in [0, 0.05) is 4.47 Å². The van der Waals surface area contributed by atoms with Crippen LogP contribution < -0.4 is 4.72 Å². The summed E-state index contributed by atoms with van der Waals surface area (Å²) in [6, 6.07) is 16.0. The molecule has 0 fully saturated rings. The quantitative estimate of drug-likeness (QED) is 0.626. The summed E-state index contributed by atoms with van der Waals surface area (Å²) in [6.07, 6.45) is 2.30. The van der Waals surface area contributed by atoms with Crippen molar-refractivity contribution in [1.82, 2.24) is 14.7 Å². The highest BCUT2D eigenvalue weighted by molar-refractivity contribution is 9.10. The molecule has 1 atom stereocenters. The van der Waals surface area contributed by atoms with Crippen molar-refractivity contribution in [1.29, 1.82) is 0 Å². The highest BCUT2D eigenvalue weighted by Crippen LogP contribution is 2.23. The highest BCUT2D eigenvalue weighted by Gasteiger charge is 2.22. The first-order chi connectivity index (χ1) is 12.0. The maximum Gasteiger partial charge on any atom is 0.241 e. The Morgan fingerprint density at radius 3 is 2.60 bits per heavy atom. The molecule has 0 radical (unpaired) electrons.